The van der Waals surface area contributed by atoms with E-state index < -0.39 is 16.1 Å². The van der Waals surface area contributed by atoms with Crippen LogP contribution in [0.5, 0.6) is 11.5 Å². The third kappa shape index (κ3) is 4.49. The largest absolute Gasteiger partial charge is 0.486 e. The minimum Gasteiger partial charge on any atom is -0.486 e. The Morgan fingerprint density at radius 3 is 2.58 bits per heavy atom. The molecule has 1 aromatic carbocycles. The number of benzene rings is 1. The van der Waals surface area contributed by atoms with Crippen LogP contribution in [0.2, 0.25) is 0 Å². The summed E-state index contributed by atoms with van der Waals surface area (Å²) in [6, 6.07) is 7.78. The van der Waals surface area contributed by atoms with E-state index in [2.05, 4.69) is 15.2 Å². The number of rotatable bonds is 6. The Morgan fingerprint density at radius 2 is 1.82 bits per heavy atom. The molecule has 0 bridgehead atoms. The molecule has 0 radical (unpaired) electrons. The van der Waals surface area contributed by atoms with Crippen molar-refractivity contribution in [1.82, 2.24) is 14.6 Å². The van der Waals surface area contributed by atoms with Gasteiger partial charge in [0.05, 0.1) is 4.90 Å². The number of ether oxygens (including phenoxy) is 2. The zero-order chi connectivity index (χ0) is 22.8. The van der Waals surface area contributed by atoms with Gasteiger partial charge in [0, 0.05) is 38.4 Å². The minimum absolute atomic E-state index is 0.105. The van der Waals surface area contributed by atoms with Crippen molar-refractivity contribution in [3.63, 3.8) is 0 Å². The van der Waals surface area contributed by atoms with Gasteiger partial charge < -0.3 is 19.7 Å². The molecule has 1 unspecified atom stereocenters. The maximum atomic E-state index is 13.3. The predicted molar refractivity (Wildman–Crippen MR) is 122 cm³/mol. The van der Waals surface area contributed by atoms with Gasteiger partial charge in [0.1, 0.15) is 25.1 Å². The van der Waals surface area contributed by atoms with Crippen molar-refractivity contribution in [2.45, 2.75) is 43.2 Å². The van der Waals surface area contributed by atoms with Crippen LogP contribution in [0, 0.1) is 0 Å². The molecule has 0 saturated carbocycles. The fourth-order valence-corrected chi connectivity index (χ4v) is 6.24. The average Bonchev–Trinajstić information content (AvgIpc) is 3.55. The smallest absolute Gasteiger partial charge is 0.243 e. The van der Waals surface area contributed by atoms with E-state index in [0.717, 1.165) is 24.5 Å². The molecule has 2 aromatic rings. The van der Waals surface area contributed by atoms with Gasteiger partial charge in [0.15, 0.2) is 11.5 Å². The Morgan fingerprint density at radius 1 is 1.03 bits per heavy atom. The van der Waals surface area contributed by atoms with Crippen LogP contribution in [0.15, 0.2) is 41.4 Å². The van der Waals surface area contributed by atoms with E-state index >= 15 is 0 Å². The highest BCUT2D eigenvalue weighted by Crippen LogP contribution is 2.34. The van der Waals surface area contributed by atoms with Gasteiger partial charge in [-0.25, -0.2) is 13.4 Å². The fraction of sp³-hybridized carbons (Fsp3) is 0.478. The van der Waals surface area contributed by atoms with Gasteiger partial charge >= 0.3 is 0 Å². The first kappa shape index (κ1) is 22.0. The molecule has 1 atom stereocenters. The lowest BCUT2D eigenvalue weighted by atomic mass is 10.2. The van der Waals surface area contributed by atoms with Gasteiger partial charge in [-0.05, 0) is 49.4 Å². The van der Waals surface area contributed by atoms with Crippen molar-refractivity contribution in [3.05, 3.63) is 42.1 Å². The van der Waals surface area contributed by atoms with E-state index in [4.69, 9.17) is 9.47 Å². The lowest BCUT2D eigenvalue weighted by Gasteiger charge is -2.24. The molecule has 9 nitrogen and oxygen atoms in total. The number of carbonyl (C=O) groups is 1. The maximum Gasteiger partial charge on any atom is 0.243 e. The second-order valence-corrected chi connectivity index (χ2v) is 10.4. The molecular formula is C23H28N4O5S. The molecule has 0 spiro atoms. The normalized spacial score (nSPS) is 20.7. The van der Waals surface area contributed by atoms with Gasteiger partial charge in [-0.3, -0.25) is 4.79 Å². The molecule has 3 aliphatic rings. The summed E-state index contributed by atoms with van der Waals surface area (Å²) < 4.78 is 38.9. The number of nitrogens with one attached hydrogen (secondary N) is 1. The Kier molecular flexibility index (Phi) is 6.11. The third-order valence-electron chi connectivity index (χ3n) is 6.33. The SMILES string of the molecule is O=C(NCc1ccc(N2CCCC2)nc1)C1CCCN1S(=O)(=O)c1ccc2c(c1)OCCO2. The molecule has 10 heteroatoms. The van der Waals surface area contributed by atoms with Crippen molar-refractivity contribution < 1.29 is 22.7 Å². The number of hydrogen-bond donors (Lipinski definition) is 1. The van der Waals surface area contributed by atoms with E-state index in [1.54, 1.807) is 12.3 Å². The first-order chi connectivity index (χ1) is 16.0. The Bertz CT molecular complexity index is 1120. The lowest BCUT2D eigenvalue weighted by Crippen LogP contribution is -2.45. The van der Waals surface area contributed by atoms with E-state index in [1.807, 2.05) is 12.1 Å². The molecule has 2 fully saturated rings. The van der Waals surface area contributed by atoms with Gasteiger partial charge in [-0.2, -0.15) is 4.31 Å². The summed E-state index contributed by atoms with van der Waals surface area (Å²) in [6.45, 7) is 3.47. The van der Waals surface area contributed by atoms with Crippen molar-refractivity contribution in [2.24, 2.45) is 0 Å². The molecule has 4 heterocycles. The summed E-state index contributed by atoms with van der Waals surface area (Å²) in [4.78, 5) is 19.8. The monoisotopic (exact) mass is 472 g/mol. The number of aromatic nitrogens is 1. The van der Waals surface area contributed by atoms with Gasteiger partial charge in [-0.15, -0.1) is 0 Å². The average molecular weight is 473 g/mol. The van der Waals surface area contributed by atoms with Crippen LogP contribution in [0.4, 0.5) is 5.82 Å². The first-order valence-corrected chi connectivity index (χ1v) is 12.9. The number of carbonyl (C=O) groups excluding carboxylic acids is 1. The minimum atomic E-state index is -3.85. The summed E-state index contributed by atoms with van der Waals surface area (Å²) in [7, 11) is -3.85. The van der Waals surface area contributed by atoms with Crippen LogP contribution in [0.1, 0.15) is 31.2 Å². The molecule has 0 aliphatic carbocycles. The number of pyridine rings is 1. The highest BCUT2D eigenvalue weighted by atomic mass is 32.2. The predicted octanol–water partition coefficient (Wildman–Crippen LogP) is 1.92. The second-order valence-electron chi connectivity index (χ2n) is 8.52. The Balaban J connectivity index is 1.24. The molecule has 1 N–H and O–H groups in total. The molecule has 176 valence electrons. The van der Waals surface area contributed by atoms with Crippen LogP contribution in [-0.4, -0.2) is 62.5 Å². The fourth-order valence-electron chi connectivity index (χ4n) is 4.57. The second kappa shape index (κ2) is 9.18. The number of amides is 1. The lowest BCUT2D eigenvalue weighted by molar-refractivity contribution is -0.124. The Labute approximate surface area is 193 Å². The molecular weight excluding hydrogens is 444 g/mol. The zero-order valence-electron chi connectivity index (χ0n) is 18.4. The van der Waals surface area contributed by atoms with Crippen molar-refractivity contribution in [2.75, 3.05) is 37.7 Å². The van der Waals surface area contributed by atoms with Crippen LogP contribution in [0.25, 0.3) is 0 Å². The van der Waals surface area contributed by atoms with Crippen molar-refractivity contribution in [1.29, 1.82) is 0 Å². The third-order valence-corrected chi connectivity index (χ3v) is 8.24. The molecule has 1 aromatic heterocycles. The van der Waals surface area contributed by atoms with Crippen LogP contribution >= 0.6 is 0 Å². The molecule has 2 saturated heterocycles. The summed E-state index contributed by atoms with van der Waals surface area (Å²) in [5, 5.41) is 2.89. The summed E-state index contributed by atoms with van der Waals surface area (Å²) in [5.41, 5.74) is 0.880. The summed E-state index contributed by atoms with van der Waals surface area (Å²) in [6.07, 6.45) is 5.26. The van der Waals surface area contributed by atoms with Crippen LogP contribution in [0.3, 0.4) is 0 Å². The van der Waals surface area contributed by atoms with Crippen molar-refractivity contribution >= 4 is 21.7 Å². The first-order valence-electron chi connectivity index (χ1n) is 11.4. The van der Waals surface area contributed by atoms with Gasteiger partial charge in [-0.1, -0.05) is 6.07 Å². The molecule has 5 rings (SSSR count). The van der Waals surface area contributed by atoms with Crippen LogP contribution in [-0.2, 0) is 21.4 Å². The van der Waals surface area contributed by atoms with Gasteiger partial charge in [0.2, 0.25) is 15.9 Å². The zero-order valence-corrected chi connectivity index (χ0v) is 19.2. The van der Waals surface area contributed by atoms with E-state index in [-0.39, 0.29) is 10.8 Å². The number of nitrogens with zero attached hydrogens (tertiary/aromatic N) is 3. The van der Waals surface area contributed by atoms with Gasteiger partial charge in [0.25, 0.3) is 0 Å². The Hall–Kier alpha value is -2.85. The maximum absolute atomic E-state index is 13.3. The van der Waals surface area contributed by atoms with Crippen molar-refractivity contribution in [3.8, 4) is 11.5 Å². The highest BCUT2D eigenvalue weighted by molar-refractivity contribution is 7.89. The van der Waals surface area contributed by atoms with E-state index in [1.165, 1.54) is 29.3 Å². The highest BCUT2D eigenvalue weighted by Gasteiger charge is 2.39. The number of anilines is 1. The quantitative estimate of drug-likeness (QED) is 0.686. The standard InChI is InChI=1S/C23H28N4O5S/c28-23(25-16-17-5-8-22(24-15-17)26-9-1-2-10-26)19-4-3-11-27(19)33(29,30)18-6-7-20-21(14-18)32-13-12-31-20/h5-8,14-15,19H,1-4,9-13,16H2,(H,25,28). The van der Waals surface area contributed by atoms with E-state index in [0.29, 0.717) is 50.6 Å². The molecule has 1 amide bonds. The number of sulfonamides is 1. The number of hydrogen-bond acceptors (Lipinski definition) is 7. The topological polar surface area (TPSA) is 101 Å². The number of fused-ring (bicyclic) bond motifs is 1. The molecule has 3 aliphatic heterocycles. The molecule has 33 heavy (non-hydrogen) atoms. The summed E-state index contributed by atoms with van der Waals surface area (Å²) in [5.74, 6) is 1.60. The van der Waals surface area contributed by atoms with E-state index in [9.17, 15) is 13.2 Å². The summed E-state index contributed by atoms with van der Waals surface area (Å²) >= 11 is 0. The van der Waals surface area contributed by atoms with Crippen LogP contribution < -0.4 is 19.7 Å².